The molecule has 4 heteroatoms. The molecule has 0 atom stereocenters. The third-order valence-corrected chi connectivity index (χ3v) is 3.90. The second-order valence-corrected chi connectivity index (χ2v) is 5.81. The van der Waals surface area contributed by atoms with E-state index >= 15 is 0 Å². The molecule has 1 aliphatic rings. The lowest BCUT2D eigenvalue weighted by atomic mass is 10.1. The molecule has 0 saturated carbocycles. The highest BCUT2D eigenvalue weighted by Gasteiger charge is 2.14. The van der Waals surface area contributed by atoms with Crippen molar-refractivity contribution in [3.63, 3.8) is 0 Å². The zero-order valence-electron chi connectivity index (χ0n) is 12.9. The Hall–Kier alpha value is -2.49. The second-order valence-electron chi connectivity index (χ2n) is 5.81. The van der Waals surface area contributed by atoms with E-state index < -0.39 is 0 Å². The van der Waals surface area contributed by atoms with Gasteiger partial charge in [0.15, 0.2) is 0 Å². The molecule has 0 aliphatic carbocycles. The molecule has 0 radical (unpaired) electrons. The van der Waals surface area contributed by atoms with E-state index in [9.17, 15) is 4.79 Å². The molecule has 1 heterocycles. The van der Waals surface area contributed by atoms with Crippen molar-refractivity contribution in [2.24, 2.45) is 0 Å². The predicted molar refractivity (Wildman–Crippen MR) is 88.4 cm³/mol. The van der Waals surface area contributed by atoms with E-state index in [1.807, 2.05) is 44.2 Å². The number of rotatable bonds is 2. The molecule has 4 nitrogen and oxygen atoms in total. The highest BCUT2D eigenvalue weighted by Crippen LogP contribution is 2.33. The molecule has 0 fully saturated rings. The number of anilines is 2. The van der Waals surface area contributed by atoms with Gasteiger partial charge in [-0.05, 0) is 73.7 Å². The topological polar surface area (TPSA) is 64.3 Å². The van der Waals surface area contributed by atoms with Gasteiger partial charge in [0.25, 0.3) is 0 Å². The summed E-state index contributed by atoms with van der Waals surface area (Å²) < 4.78 is 6.06. The van der Waals surface area contributed by atoms with Crippen LogP contribution in [0.15, 0.2) is 30.3 Å². The van der Waals surface area contributed by atoms with Crippen LogP contribution < -0.4 is 15.8 Å². The van der Waals surface area contributed by atoms with Gasteiger partial charge in [-0.3, -0.25) is 4.79 Å². The zero-order chi connectivity index (χ0) is 15.7. The van der Waals surface area contributed by atoms with Crippen molar-refractivity contribution in [2.45, 2.75) is 33.1 Å². The molecular formula is C18H20N2O2. The fourth-order valence-electron chi connectivity index (χ4n) is 2.88. The van der Waals surface area contributed by atoms with Crippen LogP contribution in [0.25, 0.3) is 0 Å². The van der Waals surface area contributed by atoms with E-state index in [1.54, 1.807) is 0 Å². The number of aryl methyl sites for hydroxylation is 3. The van der Waals surface area contributed by atoms with Gasteiger partial charge in [0.05, 0.1) is 0 Å². The van der Waals surface area contributed by atoms with Crippen LogP contribution in [0.2, 0.25) is 0 Å². The summed E-state index contributed by atoms with van der Waals surface area (Å²) in [6.07, 6.45) is 2.31. The molecule has 0 spiro atoms. The second kappa shape index (κ2) is 5.72. The number of benzene rings is 2. The molecule has 114 valence electrons. The van der Waals surface area contributed by atoms with Gasteiger partial charge in [-0.25, -0.2) is 0 Å². The molecule has 0 bridgehead atoms. The summed E-state index contributed by atoms with van der Waals surface area (Å²) >= 11 is 0. The van der Waals surface area contributed by atoms with Crippen LogP contribution in [0.5, 0.6) is 11.5 Å². The smallest absolute Gasteiger partial charge is 0.224 e. The molecule has 0 unspecified atom stereocenters. The average molecular weight is 296 g/mol. The summed E-state index contributed by atoms with van der Waals surface area (Å²) in [5.41, 5.74) is 10.6. The van der Waals surface area contributed by atoms with Crippen LogP contribution in [0.4, 0.5) is 11.4 Å². The molecule has 1 amide bonds. The van der Waals surface area contributed by atoms with Gasteiger partial charge in [0.1, 0.15) is 11.5 Å². The van der Waals surface area contributed by atoms with Crippen LogP contribution >= 0.6 is 0 Å². The minimum Gasteiger partial charge on any atom is -0.457 e. The standard InChI is InChI=1S/C18H20N2O2/c1-11-8-14(19)9-12(2)18(11)22-15-6-7-16-13(10-15)4-3-5-17(21)20-16/h6-10H,3-5,19H2,1-2H3,(H,20,21). The number of carbonyl (C=O) groups excluding carboxylic acids is 1. The maximum atomic E-state index is 11.6. The van der Waals surface area contributed by atoms with Crippen molar-refractivity contribution in [1.82, 2.24) is 0 Å². The molecule has 1 aliphatic heterocycles. The van der Waals surface area contributed by atoms with Gasteiger partial charge >= 0.3 is 0 Å². The summed E-state index contributed by atoms with van der Waals surface area (Å²) in [5, 5.41) is 2.93. The van der Waals surface area contributed by atoms with Crippen molar-refractivity contribution in [2.75, 3.05) is 11.1 Å². The van der Waals surface area contributed by atoms with E-state index in [2.05, 4.69) is 5.32 Å². The number of amides is 1. The number of nitrogens with one attached hydrogen (secondary N) is 1. The average Bonchev–Trinajstić information content (AvgIpc) is 2.63. The van der Waals surface area contributed by atoms with E-state index in [4.69, 9.17) is 10.5 Å². The number of fused-ring (bicyclic) bond motifs is 1. The van der Waals surface area contributed by atoms with Gasteiger partial charge in [0.2, 0.25) is 5.91 Å². The quantitative estimate of drug-likeness (QED) is 0.825. The fraction of sp³-hybridized carbons (Fsp3) is 0.278. The summed E-state index contributed by atoms with van der Waals surface area (Å²) in [6.45, 7) is 3.98. The van der Waals surface area contributed by atoms with Crippen molar-refractivity contribution in [1.29, 1.82) is 0 Å². The Morgan fingerprint density at radius 3 is 2.55 bits per heavy atom. The third kappa shape index (κ3) is 2.91. The number of nitrogens with two attached hydrogens (primary N) is 1. The Kier molecular flexibility index (Phi) is 3.75. The Bertz CT molecular complexity index is 715. The highest BCUT2D eigenvalue weighted by atomic mass is 16.5. The molecule has 0 saturated heterocycles. The van der Waals surface area contributed by atoms with Crippen molar-refractivity contribution < 1.29 is 9.53 Å². The van der Waals surface area contributed by atoms with E-state index in [0.717, 1.165) is 52.4 Å². The van der Waals surface area contributed by atoms with Crippen molar-refractivity contribution >= 4 is 17.3 Å². The molecule has 2 aromatic rings. The lowest BCUT2D eigenvalue weighted by Gasteiger charge is -2.14. The lowest BCUT2D eigenvalue weighted by Crippen LogP contribution is -2.09. The molecule has 2 aromatic carbocycles. The Morgan fingerprint density at radius 1 is 1.09 bits per heavy atom. The Morgan fingerprint density at radius 2 is 1.82 bits per heavy atom. The van der Waals surface area contributed by atoms with Crippen LogP contribution in [-0.2, 0) is 11.2 Å². The number of nitrogen functional groups attached to an aromatic ring is 1. The maximum absolute atomic E-state index is 11.6. The first-order chi connectivity index (χ1) is 10.5. The van der Waals surface area contributed by atoms with Gasteiger partial charge in [-0.2, -0.15) is 0 Å². The Balaban J connectivity index is 1.91. The van der Waals surface area contributed by atoms with E-state index in [0.29, 0.717) is 6.42 Å². The van der Waals surface area contributed by atoms with Crippen molar-refractivity contribution in [3.05, 3.63) is 47.0 Å². The largest absolute Gasteiger partial charge is 0.457 e. The summed E-state index contributed by atoms with van der Waals surface area (Å²) in [6, 6.07) is 9.63. The fourth-order valence-corrected chi connectivity index (χ4v) is 2.88. The van der Waals surface area contributed by atoms with E-state index in [-0.39, 0.29) is 5.91 Å². The number of ether oxygens (including phenoxy) is 1. The summed E-state index contributed by atoms with van der Waals surface area (Å²) in [5.74, 6) is 1.70. The SMILES string of the molecule is Cc1cc(N)cc(C)c1Oc1ccc2c(c1)CCCC(=O)N2. The number of carbonyl (C=O) groups is 1. The summed E-state index contributed by atoms with van der Waals surface area (Å²) in [4.78, 5) is 11.6. The van der Waals surface area contributed by atoms with E-state index in [1.165, 1.54) is 0 Å². The first kappa shape index (κ1) is 14.4. The highest BCUT2D eigenvalue weighted by molar-refractivity contribution is 5.92. The maximum Gasteiger partial charge on any atom is 0.224 e. The van der Waals surface area contributed by atoms with Gasteiger partial charge in [-0.15, -0.1) is 0 Å². The molecule has 3 N–H and O–H groups in total. The summed E-state index contributed by atoms with van der Waals surface area (Å²) in [7, 11) is 0. The van der Waals surface area contributed by atoms with Gasteiger partial charge in [0, 0.05) is 17.8 Å². The van der Waals surface area contributed by atoms with Crippen LogP contribution in [0.3, 0.4) is 0 Å². The molecule has 3 rings (SSSR count). The molecular weight excluding hydrogens is 276 g/mol. The lowest BCUT2D eigenvalue weighted by molar-refractivity contribution is -0.116. The number of hydrogen-bond donors (Lipinski definition) is 2. The molecule has 0 aromatic heterocycles. The Labute approximate surface area is 130 Å². The minimum absolute atomic E-state index is 0.0811. The first-order valence-electron chi connectivity index (χ1n) is 7.50. The molecule has 22 heavy (non-hydrogen) atoms. The predicted octanol–water partition coefficient (Wildman–Crippen LogP) is 3.95. The zero-order valence-corrected chi connectivity index (χ0v) is 12.9. The van der Waals surface area contributed by atoms with Crippen LogP contribution in [0.1, 0.15) is 29.5 Å². The van der Waals surface area contributed by atoms with Gasteiger partial charge in [-0.1, -0.05) is 0 Å². The van der Waals surface area contributed by atoms with Crippen LogP contribution in [-0.4, -0.2) is 5.91 Å². The minimum atomic E-state index is 0.0811. The third-order valence-electron chi connectivity index (χ3n) is 3.90. The first-order valence-corrected chi connectivity index (χ1v) is 7.50. The van der Waals surface area contributed by atoms with Gasteiger partial charge < -0.3 is 15.8 Å². The normalized spacial score (nSPS) is 14.0. The van der Waals surface area contributed by atoms with Crippen LogP contribution in [0, 0.1) is 13.8 Å². The number of hydrogen-bond acceptors (Lipinski definition) is 3. The van der Waals surface area contributed by atoms with Crippen molar-refractivity contribution in [3.8, 4) is 11.5 Å². The monoisotopic (exact) mass is 296 g/mol.